The molecule has 0 aliphatic rings. The van der Waals surface area contributed by atoms with Crippen LogP contribution in [0.5, 0.6) is 0 Å². The Bertz CT molecular complexity index is 875. The highest BCUT2D eigenvalue weighted by molar-refractivity contribution is 5.86. The summed E-state index contributed by atoms with van der Waals surface area (Å²) < 4.78 is 0. The fraction of sp³-hybridized carbons (Fsp3) is 0.176. The van der Waals surface area contributed by atoms with Gasteiger partial charge in [-0.05, 0) is 24.1 Å². The zero-order chi connectivity index (χ0) is 16.2. The lowest BCUT2D eigenvalue weighted by molar-refractivity contribution is 0.275. The number of nitrogens with zero attached hydrogens (tertiary/aromatic N) is 1. The molecule has 5 N–H and O–H groups in total. The molecule has 2 aromatic carbocycles. The summed E-state index contributed by atoms with van der Waals surface area (Å²) >= 11 is 0. The van der Waals surface area contributed by atoms with Gasteiger partial charge >= 0.3 is 0 Å². The number of nitrogens with two attached hydrogens (primary N) is 1. The summed E-state index contributed by atoms with van der Waals surface area (Å²) in [6, 6.07) is 13.6. The molecule has 0 aliphatic heterocycles. The van der Waals surface area contributed by atoms with E-state index in [1.807, 2.05) is 18.2 Å². The first-order valence-electron chi connectivity index (χ1n) is 7.38. The molecule has 0 radical (unpaired) electrons. The Hall–Kier alpha value is -2.86. The molecule has 0 bridgehead atoms. The predicted molar refractivity (Wildman–Crippen MR) is 91.3 cm³/mol. The number of benzene rings is 2. The third kappa shape index (κ3) is 3.32. The summed E-state index contributed by atoms with van der Waals surface area (Å²) in [6.45, 7) is 0.336. The maximum atomic E-state index is 11.7. The van der Waals surface area contributed by atoms with Gasteiger partial charge in [-0.2, -0.15) is 0 Å². The first-order valence-corrected chi connectivity index (χ1v) is 7.38. The fourth-order valence-corrected chi connectivity index (χ4v) is 2.43. The highest BCUT2D eigenvalue weighted by Gasteiger charge is 2.07. The summed E-state index contributed by atoms with van der Waals surface area (Å²) in [5.41, 5.74) is 9.41. The standard InChI is InChI=1S/C17H18N4O2/c18-12-8-14-15(20-16(10-22)17(23)21-14)9-13(12)19-7-6-11-4-2-1-3-5-11/h1-5,8-9,19,22H,6-7,10,18H2,(H,21,23). The average molecular weight is 310 g/mol. The molecule has 118 valence electrons. The van der Waals surface area contributed by atoms with Gasteiger partial charge in [-0.1, -0.05) is 30.3 Å². The molecule has 0 atom stereocenters. The van der Waals surface area contributed by atoms with Crippen LogP contribution in [0.15, 0.2) is 47.3 Å². The van der Waals surface area contributed by atoms with Crippen LogP contribution >= 0.6 is 0 Å². The van der Waals surface area contributed by atoms with Crippen molar-refractivity contribution in [2.75, 3.05) is 17.6 Å². The first-order chi connectivity index (χ1) is 11.2. The molecule has 0 aliphatic carbocycles. The maximum absolute atomic E-state index is 11.7. The number of aliphatic hydroxyl groups excluding tert-OH is 1. The third-order valence-electron chi connectivity index (χ3n) is 3.66. The number of fused-ring (bicyclic) bond motifs is 1. The molecular formula is C17H18N4O2. The van der Waals surface area contributed by atoms with Crippen molar-refractivity contribution >= 4 is 22.4 Å². The normalized spacial score (nSPS) is 10.8. The summed E-state index contributed by atoms with van der Waals surface area (Å²) in [6.07, 6.45) is 0.874. The number of H-pyrrole nitrogens is 1. The van der Waals surface area contributed by atoms with Gasteiger partial charge in [0.25, 0.3) is 5.56 Å². The number of anilines is 2. The molecule has 6 heteroatoms. The summed E-state index contributed by atoms with van der Waals surface area (Å²) in [5, 5.41) is 12.4. The van der Waals surface area contributed by atoms with E-state index in [4.69, 9.17) is 10.8 Å². The highest BCUT2D eigenvalue weighted by Crippen LogP contribution is 2.23. The number of aromatic nitrogens is 2. The van der Waals surface area contributed by atoms with E-state index in [9.17, 15) is 4.79 Å². The second-order valence-corrected chi connectivity index (χ2v) is 5.29. The molecule has 0 spiro atoms. The minimum atomic E-state index is -0.399. The summed E-state index contributed by atoms with van der Waals surface area (Å²) in [4.78, 5) is 18.5. The smallest absolute Gasteiger partial charge is 0.272 e. The zero-order valence-electron chi connectivity index (χ0n) is 12.5. The van der Waals surface area contributed by atoms with E-state index >= 15 is 0 Å². The molecule has 0 fully saturated rings. The molecule has 3 aromatic rings. The van der Waals surface area contributed by atoms with Gasteiger partial charge in [0.1, 0.15) is 5.69 Å². The highest BCUT2D eigenvalue weighted by atomic mass is 16.3. The number of hydrogen-bond acceptors (Lipinski definition) is 5. The van der Waals surface area contributed by atoms with E-state index < -0.39 is 12.2 Å². The molecule has 1 aromatic heterocycles. The van der Waals surface area contributed by atoms with Gasteiger partial charge in [0, 0.05) is 6.54 Å². The van der Waals surface area contributed by atoms with E-state index in [-0.39, 0.29) is 5.69 Å². The van der Waals surface area contributed by atoms with Gasteiger partial charge in [-0.3, -0.25) is 4.79 Å². The van der Waals surface area contributed by atoms with Crippen molar-refractivity contribution in [1.82, 2.24) is 9.97 Å². The van der Waals surface area contributed by atoms with Crippen LogP contribution in [-0.4, -0.2) is 21.6 Å². The number of aromatic amines is 1. The third-order valence-corrected chi connectivity index (χ3v) is 3.66. The van der Waals surface area contributed by atoms with Crippen molar-refractivity contribution in [2.45, 2.75) is 13.0 Å². The zero-order valence-corrected chi connectivity index (χ0v) is 12.5. The van der Waals surface area contributed by atoms with E-state index in [2.05, 4.69) is 27.4 Å². The monoisotopic (exact) mass is 310 g/mol. The Kier molecular flexibility index (Phi) is 4.25. The van der Waals surface area contributed by atoms with Crippen LogP contribution in [0, 0.1) is 0 Å². The number of hydrogen-bond donors (Lipinski definition) is 4. The van der Waals surface area contributed by atoms with Crippen molar-refractivity contribution in [3.8, 4) is 0 Å². The van der Waals surface area contributed by atoms with E-state index in [0.29, 0.717) is 16.7 Å². The van der Waals surface area contributed by atoms with Gasteiger partial charge in [0.15, 0.2) is 0 Å². The topological polar surface area (TPSA) is 104 Å². The molecule has 3 rings (SSSR count). The minimum absolute atomic E-state index is 0.0949. The van der Waals surface area contributed by atoms with Crippen LogP contribution in [0.4, 0.5) is 11.4 Å². The van der Waals surface area contributed by atoms with Crippen LogP contribution in [-0.2, 0) is 13.0 Å². The van der Waals surface area contributed by atoms with Gasteiger partial charge in [0.2, 0.25) is 0 Å². The van der Waals surface area contributed by atoms with Gasteiger partial charge in [0.05, 0.1) is 29.0 Å². The molecule has 23 heavy (non-hydrogen) atoms. The van der Waals surface area contributed by atoms with Gasteiger partial charge < -0.3 is 21.1 Å². The Morgan fingerprint density at radius 2 is 2.00 bits per heavy atom. The molecule has 0 unspecified atom stereocenters. The van der Waals surface area contributed by atoms with Crippen molar-refractivity contribution < 1.29 is 5.11 Å². The average Bonchev–Trinajstić information content (AvgIpc) is 2.56. The fourth-order valence-electron chi connectivity index (χ4n) is 2.43. The van der Waals surface area contributed by atoms with Crippen molar-refractivity contribution in [3.05, 3.63) is 64.1 Å². The molecule has 6 nitrogen and oxygen atoms in total. The van der Waals surface area contributed by atoms with Crippen LogP contribution in [0.3, 0.4) is 0 Å². The lowest BCUT2D eigenvalue weighted by Crippen LogP contribution is -2.15. The SMILES string of the molecule is Nc1cc2[nH]c(=O)c(CO)nc2cc1NCCc1ccccc1. The lowest BCUT2D eigenvalue weighted by Gasteiger charge is -2.11. The number of rotatable bonds is 5. The molecule has 1 heterocycles. The largest absolute Gasteiger partial charge is 0.397 e. The molecular weight excluding hydrogens is 292 g/mol. The number of aliphatic hydroxyl groups is 1. The first kappa shape index (κ1) is 15.1. The number of nitrogens with one attached hydrogen (secondary N) is 2. The maximum Gasteiger partial charge on any atom is 0.272 e. The van der Waals surface area contributed by atoms with Crippen molar-refractivity contribution in [3.63, 3.8) is 0 Å². The van der Waals surface area contributed by atoms with Crippen molar-refractivity contribution in [2.24, 2.45) is 0 Å². The summed E-state index contributed by atoms with van der Waals surface area (Å²) in [7, 11) is 0. The summed E-state index contributed by atoms with van der Waals surface area (Å²) in [5.74, 6) is 0. The Morgan fingerprint density at radius 3 is 2.74 bits per heavy atom. The van der Waals surface area contributed by atoms with E-state index in [1.54, 1.807) is 12.1 Å². The van der Waals surface area contributed by atoms with Crippen LogP contribution < -0.4 is 16.6 Å². The minimum Gasteiger partial charge on any atom is -0.397 e. The molecule has 0 saturated heterocycles. The lowest BCUT2D eigenvalue weighted by atomic mass is 10.1. The second-order valence-electron chi connectivity index (χ2n) is 5.29. The van der Waals surface area contributed by atoms with Crippen LogP contribution in [0.25, 0.3) is 11.0 Å². The Labute approximate surface area is 133 Å². The van der Waals surface area contributed by atoms with Crippen LogP contribution in [0.2, 0.25) is 0 Å². The van der Waals surface area contributed by atoms with Gasteiger partial charge in [-0.15, -0.1) is 0 Å². The molecule has 0 amide bonds. The second kappa shape index (κ2) is 6.50. The van der Waals surface area contributed by atoms with E-state index in [0.717, 1.165) is 18.7 Å². The Morgan fingerprint density at radius 1 is 1.22 bits per heavy atom. The van der Waals surface area contributed by atoms with E-state index in [1.165, 1.54) is 5.56 Å². The van der Waals surface area contributed by atoms with Crippen molar-refractivity contribution in [1.29, 1.82) is 0 Å². The Balaban J connectivity index is 1.81. The molecule has 0 saturated carbocycles. The predicted octanol–water partition coefficient (Wildman–Crippen LogP) is 1.65. The quantitative estimate of drug-likeness (QED) is 0.536. The van der Waals surface area contributed by atoms with Gasteiger partial charge in [-0.25, -0.2) is 4.98 Å². The number of nitrogen functional groups attached to an aromatic ring is 1. The van der Waals surface area contributed by atoms with Crippen LogP contribution in [0.1, 0.15) is 11.3 Å².